The van der Waals surface area contributed by atoms with E-state index < -0.39 is 30.9 Å². The van der Waals surface area contributed by atoms with Crippen LogP contribution >= 0.6 is 19.4 Å². The summed E-state index contributed by atoms with van der Waals surface area (Å²) in [6.45, 7) is 0.954. The Morgan fingerprint density at radius 3 is 2.79 bits per heavy atom. The van der Waals surface area contributed by atoms with Crippen molar-refractivity contribution >= 4 is 31.2 Å². The molecule has 8 nitrogen and oxygen atoms in total. The molecule has 0 aliphatic carbocycles. The van der Waals surface area contributed by atoms with Crippen LogP contribution in [0.3, 0.4) is 0 Å². The monoisotopic (exact) mass is 308 g/mol. The number of ether oxygens (including phenoxy) is 1. The molecule has 1 saturated heterocycles. The van der Waals surface area contributed by atoms with E-state index in [1.165, 1.54) is 18.7 Å². The minimum Gasteiger partial charge on any atom is -0.461 e. The van der Waals surface area contributed by atoms with E-state index in [4.69, 9.17) is 10.5 Å². The predicted molar refractivity (Wildman–Crippen MR) is 66.8 cm³/mol. The Morgan fingerprint density at radius 1 is 1.63 bits per heavy atom. The van der Waals surface area contributed by atoms with Gasteiger partial charge in [-0.25, -0.2) is 0 Å². The van der Waals surface area contributed by atoms with Crippen LogP contribution in [0.5, 0.6) is 0 Å². The number of β-lactam (4-membered cyclic amide) rings is 1. The smallest absolute Gasteiger partial charge is 0.372 e. The van der Waals surface area contributed by atoms with Crippen molar-refractivity contribution in [1.82, 2.24) is 4.90 Å². The minimum atomic E-state index is -4.64. The van der Waals surface area contributed by atoms with Gasteiger partial charge in [0.25, 0.3) is 0 Å². The van der Waals surface area contributed by atoms with E-state index in [0.717, 1.165) is 4.90 Å². The molecule has 2 aliphatic heterocycles. The quantitative estimate of drug-likeness (QED) is 0.350. The largest absolute Gasteiger partial charge is 0.461 e. The van der Waals surface area contributed by atoms with Crippen molar-refractivity contribution in [1.29, 1.82) is 0 Å². The van der Waals surface area contributed by atoms with Crippen LogP contribution in [0.4, 0.5) is 0 Å². The van der Waals surface area contributed by atoms with E-state index >= 15 is 0 Å². The van der Waals surface area contributed by atoms with E-state index in [0.29, 0.717) is 0 Å². The summed E-state index contributed by atoms with van der Waals surface area (Å²) in [5.74, 6) is -0.831. The van der Waals surface area contributed by atoms with Gasteiger partial charge in [-0.15, -0.1) is 11.8 Å². The maximum absolute atomic E-state index is 11.6. The maximum atomic E-state index is 11.6. The Labute approximate surface area is 113 Å². The second-order valence-corrected chi connectivity index (χ2v) is 6.80. The lowest BCUT2D eigenvalue weighted by molar-refractivity contribution is -0.141. The van der Waals surface area contributed by atoms with Crippen LogP contribution in [0, 0.1) is 0 Å². The van der Waals surface area contributed by atoms with Crippen molar-refractivity contribution in [3.05, 3.63) is 11.0 Å². The number of nitrogens with zero attached hydrogens (tertiary/aromatic N) is 1. The van der Waals surface area contributed by atoms with Crippen LogP contribution in [-0.4, -0.2) is 50.3 Å². The van der Waals surface area contributed by atoms with Gasteiger partial charge in [0.2, 0.25) is 5.91 Å². The Morgan fingerprint density at radius 2 is 2.26 bits per heavy atom. The van der Waals surface area contributed by atoms with Crippen LogP contribution in [0.15, 0.2) is 11.0 Å². The van der Waals surface area contributed by atoms with Gasteiger partial charge in [-0.2, -0.15) is 0 Å². The molecule has 4 N–H and O–H groups in total. The molecule has 2 aliphatic rings. The second kappa shape index (κ2) is 4.92. The summed E-state index contributed by atoms with van der Waals surface area (Å²) in [6.07, 6.45) is 0. The summed E-state index contributed by atoms with van der Waals surface area (Å²) < 4.78 is 16.3. The van der Waals surface area contributed by atoms with Gasteiger partial charge < -0.3 is 20.3 Å². The second-order valence-electron chi connectivity index (χ2n) is 4.19. The zero-order valence-corrected chi connectivity index (χ0v) is 11.7. The van der Waals surface area contributed by atoms with E-state index in [9.17, 15) is 23.9 Å². The van der Waals surface area contributed by atoms with Gasteiger partial charge in [-0.05, 0) is 0 Å². The molecule has 0 bridgehead atoms. The minimum absolute atomic E-state index is 0.241. The molecule has 106 valence electrons. The molecule has 1 fully saturated rings. The van der Waals surface area contributed by atoms with E-state index in [-0.39, 0.29) is 23.4 Å². The first-order chi connectivity index (χ1) is 8.73. The van der Waals surface area contributed by atoms with Crippen molar-refractivity contribution in [2.45, 2.75) is 18.3 Å². The van der Waals surface area contributed by atoms with Gasteiger partial charge in [0.1, 0.15) is 23.5 Å². The van der Waals surface area contributed by atoms with Crippen LogP contribution in [0.1, 0.15) is 6.92 Å². The number of nitrogens with two attached hydrogens (primary N) is 1. The van der Waals surface area contributed by atoms with Gasteiger partial charge in [0.15, 0.2) is 0 Å². The highest BCUT2D eigenvalue weighted by Gasteiger charge is 2.53. The molecule has 0 radical (unpaired) electrons. The predicted octanol–water partition coefficient (Wildman–Crippen LogP) is -0.819. The molecule has 0 saturated carbocycles. The normalized spacial score (nSPS) is 26.9. The number of hydrogen-bond acceptors (Lipinski definition) is 6. The standard InChI is InChI=1S/C9H13N2O6PS/c1-4(12)17-2-5-3-19-9-6(10)7(13)11(9)8(5)18(14,15)16/h6,9H,2-3,10H2,1H3,(H2,14,15,16)/t6-,9+/m1/s1. The van der Waals surface area contributed by atoms with Crippen molar-refractivity contribution in [2.75, 3.05) is 12.4 Å². The molecule has 2 atom stereocenters. The zero-order valence-electron chi connectivity index (χ0n) is 9.98. The number of esters is 1. The van der Waals surface area contributed by atoms with Crippen LogP contribution < -0.4 is 5.73 Å². The topological polar surface area (TPSA) is 130 Å². The molecule has 0 aromatic carbocycles. The van der Waals surface area contributed by atoms with Crippen molar-refractivity contribution in [3.63, 3.8) is 0 Å². The Balaban J connectivity index is 2.34. The van der Waals surface area contributed by atoms with Gasteiger partial charge in [0, 0.05) is 18.2 Å². The van der Waals surface area contributed by atoms with Gasteiger partial charge in [-0.3, -0.25) is 19.1 Å². The fraction of sp³-hybridized carbons (Fsp3) is 0.556. The number of hydrogen-bond donors (Lipinski definition) is 3. The molecule has 0 spiro atoms. The average molecular weight is 308 g/mol. The van der Waals surface area contributed by atoms with Crippen LogP contribution in [0.25, 0.3) is 0 Å². The summed E-state index contributed by atoms with van der Waals surface area (Å²) >= 11 is 1.29. The summed E-state index contributed by atoms with van der Waals surface area (Å²) in [7, 11) is -4.64. The summed E-state index contributed by atoms with van der Waals surface area (Å²) in [5.41, 5.74) is 5.45. The third-order valence-electron chi connectivity index (χ3n) is 2.78. The van der Waals surface area contributed by atoms with Crippen molar-refractivity contribution in [2.24, 2.45) is 5.73 Å². The molecule has 2 heterocycles. The summed E-state index contributed by atoms with van der Waals surface area (Å²) in [6, 6.07) is -0.748. The van der Waals surface area contributed by atoms with Gasteiger partial charge >= 0.3 is 13.6 Å². The van der Waals surface area contributed by atoms with E-state index in [2.05, 4.69) is 0 Å². The number of rotatable bonds is 3. The van der Waals surface area contributed by atoms with E-state index in [1.54, 1.807) is 0 Å². The molecule has 10 heteroatoms. The highest BCUT2D eigenvalue weighted by molar-refractivity contribution is 8.00. The molecule has 19 heavy (non-hydrogen) atoms. The molecular weight excluding hydrogens is 295 g/mol. The highest BCUT2D eigenvalue weighted by atomic mass is 32.2. The summed E-state index contributed by atoms with van der Waals surface area (Å²) in [4.78, 5) is 42.2. The van der Waals surface area contributed by atoms with Crippen LogP contribution in [0.2, 0.25) is 0 Å². The number of carbonyl (C=O) groups excluding carboxylic acids is 2. The van der Waals surface area contributed by atoms with Gasteiger partial charge in [-0.1, -0.05) is 0 Å². The molecule has 0 aromatic heterocycles. The van der Waals surface area contributed by atoms with Crippen molar-refractivity contribution in [3.8, 4) is 0 Å². The molecule has 1 amide bonds. The highest BCUT2D eigenvalue weighted by Crippen LogP contribution is 2.55. The fourth-order valence-corrected chi connectivity index (χ4v) is 4.47. The van der Waals surface area contributed by atoms with E-state index in [1.807, 2.05) is 0 Å². The molecule has 0 aromatic rings. The first-order valence-electron chi connectivity index (χ1n) is 5.35. The number of thioether (sulfide) groups is 1. The van der Waals surface area contributed by atoms with Crippen molar-refractivity contribution < 1.29 is 28.7 Å². The lowest BCUT2D eigenvalue weighted by Gasteiger charge is -2.48. The molecule has 0 unspecified atom stereocenters. The summed E-state index contributed by atoms with van der Waals surface area (Å²) in [5, 5.41) is -0.462. The third kappa shape index (κ3) is 2.56. The first kappa shape index (κ1) is 14.5. The molecule has 2 rings (SSSR count). The number of amides is 1. The number of fused-ring (bicyclic) bond motifs is 1. The first-order valence-corrected chi connectivity index (χ1v) is 8.01. The van der Waals surface area contributed by atoms with Gasteiger partial charge in [0.05, 0.1) is 0 Å². The fourth-order valence-electron chi connectivity index (χ4n) is 1.95. The third-order valence-corrected chi connectivity index (χ3v) is 5.23. The Hall–Kier alpha value is -0.860. The lowest BCUT2D eigenvalue weighted by atomic mass is 10.1. The van der Waals surface area contributed by atoms with Crippen LogP contribution in [-0.2, 0) is 18.9 Å². The average Bonchev–Trinajstić information content (AvgIpc) is 2.32. The molecular formula is C9H13N2O6PS. The maximum Gasteiger partial charge on any atom is 0.372 e. The Kier molecular flexibility index (Phi) is 3.76. The SMILES string of the molecule is CC(=O)OCC1=C(P(=O)(O)O)N2C(=O)[C@@H](N)[C@@H]2SC1. The zero-order chi connectivity index (χ0) is 14.4. The number of carbonyl (C=O) groups is 2. The lowest BCUT2D eigenvalue weighted by Crippen LogP contribution is -2.67. The Bertz CT molecular complexity index is 515.